The molecule has 0 bridgehead atoms. The molecule has 0 saturated heterocycles. The van der Waals surface area contributed by atoms with E-state index in [0.717, 1.165) is 0 Å². The zero-order valence-corrected chi connectivity index (χ0v) is 18.6. The average molecular weight is 453 g/mol. The highest BCUT2D eigenvalue weighted by Gasteiger charge is 2.32. The standard InChI is InChI=1S/C17H32N4O6S2/c1-4-9(2)13(21-14(23)10(18)7-22)16(25)19-11(5-6-29-3)15(24)20-12(8-28)17(26)27/h9-13,22,28H,4-8,18H2,1-3H3,(H,19,25)(H,20,24)(H,21,23)(H,26,27). The van der Waals surface area contributed by atoms with Crippen LogP contribution in [0.2, 0.25) is 0 Å². The highest BCUT2D eigenvalue weighted by atomic mass is 32.2. The zero-order chi connectivity index (χ0) is 22.6. The van der Waals surface area contributed by atoms with E-state index < -0.39 is 54.5 Å². The molecule has 0 aliphatic rings. The summed E-state index contributed by atoms with van der Waals surface area (Å²) in [6.45, 7) is 3.03. The summed E-state index contributed by atoms with van der Waals surface area (Å²) in [7, 11) is 0. The van der Waals surface area contributed by atoms with Gasteiger partial charge in [-0.1, -0.05) is 20.3 Å². The van der Waals surface area contributed by atoms with Crippen LogP contribution in [0.5, 0.6) is 0 Å². The molecular weight excluding hydrogens is 420 g/mol. The van der Waals surface area contributed by atoms with Gasteiger partial charge < -0.3 is 31.9 Å². The number of nitrogens with one attached hydrogen (secondary N) is 3. The van der Waals surface area contributed by atoms with Crippen LogP contribution in [0.1, 0.15) is 26.7 Å². The summed E-state index contributed by atoms with van der Waals surface area (Å²) >= 11 is 5.38. The number of carboxylic acid groups (broad SMARTS) is 1. The molecule has 0 rings (SSSR count). The smallest absolute Gasteiger partial charge is 0.327 e. The number of aliphatic hydroxyl groups is 1. The molecule has 5 atom stereocenters. The van der Waals surface area contributed by atoms with Crippen molar-refractivity contribution in [3.63, 3.8) is 0 Å². The second kappa shape index (κ2) is 14.5. The summed E-state index contributed by atoms with van der Waals surface area (Å²) in [5.74, 6) is -2.96. The second-order valence-electron chi connectivity index (χ2n) is 6.59. The molecule has 0 aliphatic carbocycles. The number of carbonyl (C=O) groups excluding carboxylic acids is 3. The zero-order valence-electron chi connectivity index (χ0n) is 16.9. The van der Waals surface area contributed by atoms with E-state index in [9.17, 15) is 19.2 Å². The third-order valence-corrected chi connectivity index (χ3v) is 5.38. The van der Waals surface area contributed by atoms with Gasteiger partial charge in [-0.3, -0.25) is 14.4 Å². The van der Waals surface area contributed by atoms with Gasteiger partial charge in [0.1, 0.15) is 24.2 Å². The number of hydrogen-bond acceptors (Lipinski definition) is 8. The van der Waals surface area contributed by atoms with Crippen LogP contribution >= 0.6 is 24.4 Å². The van der Waals surface area contributed by atoms with Crippen molar-refractivity contribution in [2.45, 2.75) is 50.9 Å². The van der Waals surface area contributed by atoms with Crippen molar-refractivity contribution < 1.29 is 29.4 Å². The maximum Gasteiger partial charge on any atom is 0.327 e. The number of thioether (sulfide) groups is 1. The van der Waals surface area contributed by atoms with Crippen molar-refractivity contribution in [2.24, 2.45) is 11.7 Å². The van der Waals surface area contributed by atoms with Gasteiger partial charge in [-0.15, -0.1) is 0 Å². The first-order chi connectivity index (χ1) is 13.6. The molecular formula is C17H32N4O6S2. The summed E-state index contributed by atoms with van der Waals surface area (Å²) < 4.78 is 0. The van der Waals surface area contributed by atoms with Gasteiger partial charge in [0.25, 0.3) is 0 Å². The third-order valence-electron chi connectivity index (χ3n) is 4.37. The number of amides is 3. The summed E-state index contributed by atoms with van der Waals surface area (Å²) in [4.78, 5) is 48.5. The van der Waals surface area contributed by atoms with E-state index in [0.29, 0.717) is 12.2 Å². The lowest BCUT2D eigenvalue weighted by atomic mass is 9.97. The number of hydrogen-bond donors (Lipinski definition) is 7. The lowest BCUT2D eigenvalue weighted by Crippen LogP contribution is -2.59. The van der Waals surface area contributed by atoms with Gasteiger partial charge in [0.2, 0.25) is 17.7 Å². The Kier molecular flexibility index (Phi) is 13.7. The Hall–Kier alpha value is -1.50. The predicted molar refractivity (Wildman–Crippen MR) is 115 cm³/mol. The highest BCUT2D eigenvalue weighted by molar-refractivity contribution is 7.98. The van der Waals surface area contributed by atoms with E-state index in [1.165, 1.54) is 11.8 Å². The van der Waals surface area contributed by atoms with Gasteiger partial charge in [-0.25, -0.2) is 4.79 Å². The molecule has 0 fully saturated rings. The van der Waals surface area contributed by atoms with Gasteiger partial charge >= 0.3 is 5.97 Å². The minimum atomic E-state index is -1.23. The summed E-state index contributed by atoms with van der Waals surface area (Å²) in [6.07, 6.45) is 2.67. The van der Waals surface area contributed by atoms with Crippen molar-refractivity contribution in [3.8, 4) is 0 Å². The molecule has 168 valence electrons. The van der Waals surface area contributed by atoms with Gasteiger partial charge in [0.05, 0.1) is 6.61 Å². The number of aliphatic carboxylic acids is 1. The number of carboxylic acids is 1. The van der Waals surface area contributed by atoms with Gasteiger partial charge in [0.15, 0.2) is 0 Å². The third kappa shape index (κ3) is 9.70. The number of nitrogens with two attached hydrogens (primary N) is 1. The average Bonchev–Trinajstić information content (AvgIpc) is 2.70. The van der Waals surface area contributed by atoms with Crippen LogP contribution in [0.3, 0.4) is 0 Å². The Labute approximate surface area is 180 Å². The minimum Gasteiger partial charge on any atom is -0.480 e. The van der Waals surface area contributed by atoms with Gasteiger partial charge in [0, 0.05) is 5.75 Å². The summed E-state index contributed by atoms with van der Waals surface area (Å²) in [5.41, 5.74) is 5.50. The van der Waals surface area contributed by atoms with Gasteiger partial charge in [-0.05, 0) is 24.3 Å². The Balaban J connectivity index is 5.37. The lowest BCUT2D eigenvalue weighted by molar-refractivity contribution is -0.141. The fourth-order valence-corrected chi connectivity index (χ4v) is 2.99. The molecule has 12 heteroatoms. The molecule has 0 aromatic heterocycles. The van der Waals surface area contributed by atoms with Crippen LogP contribution in [-0.2, 0) is 19.2 Å². The fraction of sp³-hybridized carbons (Fsp3) is 0.765. The van der Waals surface area contributed by atoms with Crippen LogP contribution in [0.4, 0.5) is 0 Å². The normalized spacial score (nSPS) is 16.1. The first-order valence-corrected chi connectivity index (χ1v) is 11.3. The molecule has 10 nitrogen and oxygen atoms in total. The highest BCUT2D eigenvalue weighted by Crippen LogP contribution is 2.10. The second-order valence-corrected chi connectivity index (χ2v) is 7.94. The molecule has 0 aromatic rings. The van der Waals surface area contributed by atoms with Crippen molar-refractivity contribution in [3.05, 3.63) is 0 Å². The van der Waals surface area contributed by atoms with E-state index in [2.05, 4.69) is 28.6 Å². The Morgan fingerprint density at radius 1 is 1.07 bits per heavy atom. The molecule has 7 N–H and O–H groups in total. The number of aliphatic hydroxyl groups excluding tert-OH is 1. The molecule has 3 amide bonds. The van der Waals surface area contributed by atoms with Crippen molar-refractivity contribution >= 4 is 48.1 Å². The first-order valence-electron chi connectivity index (χ1n) is 9.22. The van der Waals surface area contributed by atoms with E-state index in [1.807, 2.05) is 13.2 Å². The molecule has 5 unspecified atom stereocenters. The van der Waals surface area contributed by atoms with Crippen LogP contribution < -0.4 is 21.7 Å². The predicted octanol–water partition coefficient (Wildman–Crippen LogP) is -1.43. The minimum absolute atomic E-state index is 0.102. The van der Waals surface area contributed by atoms with Crippen molar-refractivity contribution in [1.29, 1.82) is 0 Å². The van der Waals surface area contributed by atoms with E-state index in [1.54, 1.807) is 6.92 Å². The molecule has 0 aliphatic heterocycles. The van der Waals surface area contributed by atoms with Crippen LogP contribution in [0, 0.1) is 5.92 Å². The van der Waals surface area contributed by atoms with Crippen molar-refractivity contribution in [1.82, 2.24) is 16.0 Å². The molecule has 0 radical (unpaired) electrons. The van der Waals surface area contributed by atoms with Crippen LogP contribution in [-0.4, -0.2) is 82.4 Å². The fourth-order valence-electron chi connectivity index (χ4n) is 2.27. The quantitative estimate of drug-likeness (QED) is 0.157. The Morgan fingerprint density at radius 3 is 2.10 bits per heavy atom. The molecule has 29 heavy (non-hydrogen) atoms. The molecule has 0 saturated carbocycles. The lowest BCUT2D eigenvalue weighted by Gasteiger charge is -2.27. The SMILES string of the molecule is CCC(C)C(NC(=O)C(N)CO)C(=O)NC(CCSC)C(=O)NC(CS)C(=O)O. The van der Waals surface area contributed by atoms with E-state index >= 15 is 0 Å². The molecule has 0 aromatic carbocycles. The maximum absolute atomic E-state index is 12.8. The van der Waals surface area contributed by atoms with E-state index in [-0.39, 0.29) is 18.1 Å². The number of thiol groups is 1. The molecule has 0 spiro atoms. The topological polar surface area (TPSA) is 171 Å². The monoisotopic (exact) mass is 452 g/mol. The Bertz CT molecular complexity index is 566. The summed E-state index contributed by atoms with van der Waals surface area (Å²) in [5, 5.41) is 25.6. The largest absolute Gasteiger partial charge is 0.480 e. The van der Waals surface area contributed by atoms with Crippen LogP contribution in [0.25, 0.3) is 0 Å². The summed E-state index contributed by atoms with van der Waals surface area (Å²) in [6, 6.07) is -4.30. The first kappa shape index (κ1) is 27.5. The van der Waals surface area contributed by atoms with Crippen LogP contribution in [0.15, 0.2) is 0 Å². The number of carbonyl (C=O) groups is 4. The number of rotatable bonds is 14. The Morgan fingerprint density at radius 2 is 1.66 bits per heavy atom. The maximum atomic E-state index is 12.8. The van der Waals surface area contributed by atoms with Crippen molar-refractivity contribution in [2.75, 3.05) is 24.4 Å². The van der Waals surface area contributed by atoms with Gasteiger partial charge in [-0.2, -0.15) is 24.4 Å². The van der Waals surface area contributed by atoms with E-state index in [4.69, 9.17) is 15.9 Å². The molecule has 0 heterocycles.